The van der Waals surface area contributed by atoms with Crippen LogP contribution in [0.3, 0.4) is 0 Å². The summed E-state index contributed by atoms with van der Waals surface area (Å²) in [5, 5.41) is 5.14. The van der Waals surface area contributed by atoms with E-state index in [-0.39, 0.29) is 5.91 Å². The van der Waals surface area contributed by atoms with Gasteiger partial charge in [0.2, 0.25) is 5.91 Å². The second-order valence-corrected chi connectivity index (χ2v) is 7.53. The predicted octanol–water partition coefficient (Wildman–Crippen LogP) is 3.41. The number of para-hydroxylation sites is 1. The lowest BCUT2D eigenvalue weighted by Gasteiger charge is -2.34. The Balaban J connectivity index is 1.29. The van der Waals surface area contributed by atoms with Gasteiger partial charge in [0.25, 0.3) is 0 Å². The molecule has 0 N–H and O–H groups in total. The van der Waals surface area contributed by atoms with Crippen LogP contribution in [-0.2, 0) is 17.8 Å². The minimum atomic E-state index is 0.162. The first-order valence-electron chi connectivity index (χ1n) is 9.51. The molecule has 0 atom stereocenters. The van der Waals surface area contributed by atoms with Crippen LogP contribution in [0.15, 0.2) is 67.0 Å². The van der Waals surface area contributed by atoms with Crippen LogP contribution in [0.4, 0.5) is 0 Å². The summed E-state index contributed by atoms with van der Waals surface area (Å²) in [5.74, 6) is 0.162. The first-order valence-corrected chi connectivity index (χ1v) is 9.89. The lowest BCUT2D eigenvalue weighted by Crippen LogP contribution is -2.48. The molecule has 0 aliphatic carbocycles. The fourth-order valence-electron chi connectivity index (χ4n) is 3.51. The van der Waals surface area contributed by atoms with Crippen LogP contribution in [0.2, 0.25) is 5.02 Å². The number of aromatic nitrogens is 2. The maximum Gasteiger partial charge on any atom is 0.227 e. The normalized spacial score (nSPS) is 15.0. The van der Waals surface area contributed by atoms with Crippen LogP contribution in [-0.4, -0.2) is 51.7 Å². The maximum absolute atomic E-state index is 12.7. The Morgan fingerprint density at radius 2 is 1.75 bits per heavy atom. The van der Waals surface area contributed by atoms with E-state index in [9.17, 15) is 4.79 Å². The van der Waals surface area contributed by atoms with Gasteiger partial charge in [0.1, 0.15) is 0 Å². The van der Waals surface area contributed by atoms with Gasteiger partial charge in [-0.1, -0.05) is 41.9 Å². The molecule has 0 saturated carbocycles. The molecule has 0 unspecified atom stereocenters. The van der Waals surface area contributed by atoms with Crippen LogP contribution in [0, 0.1) is 0 Å². The Morgan fingerprint density at radius 1 is 0.964 bits per heavy atom. The van der Waals surface area contributed by atoms with E-state index in [4.69, 9.17) is 11.6 Å². The molecule has 1 aromatic heterocycles. The predicted molar refractivity (Wildman–Crippen MR) is 111 cm³/mol. The smallest absolute Gasteiger partial charge is 0.227 e. The maximum atomic E-state index is 12.7. The Labute approximate surface area is 170 Å². The van der Waals surface area contributed by atoms with Crippen molar-refractivity contribution in [3.63, 3.8) is 0 Å². The van der Waals surface area contributed by atoms with E-state index >= 15 is 0 Å². The van der Waals surface area contributed by atoms with Crippen molar-refractivity contribution < 1.29 is 4.79 Å². The zero-order valence-electron chi connectivity index (χ0n) is 15.7. The van der Waals surface area contributed by atoms with Gasteiger partial charge >= 0.3 is 0 Å². The average Bonchev–Trinajstić information content (AvgIpc) is 3.18. The number of carbonyl (C=O) groups excluding carboxylic acids is 1. The third-order valence-electron chi connectivity index (χ3n) is 5.03. The third kappa shape index (κ3) is 4.61. The summed E-state index contributed by atoms with van der Waals surface area (Å²) in [6.45, 7) is 4.13. The van der Waals surface area contributed by atoms with Gasteiger partial charge in [-0.15, -0.1) is 0 Å². The fraction of sp³-hybridized carbons (Fsp3) is 0.273. The molecular weight excluding hydrogens is 372 g/mol. The number of piperazine rings is 1. The highest BCUT2D eigenvalue weighted by Crippen LogP contribution is 2.15. The summed E-state index contributed by atoms with van der Waals surface area (Å²) in [4.78, 5) is 17.0. The number of hydrogen-bond acceptors (Lipinski definition) is 3. The van der Waals surface area contributed by atoms with Crippen LogP contribution in [0.1, 0.15) is 11.1 Å². The molecule has 2 heterocycles. The van der Waals surface area contributed by atoms with Crippen LogP contribution < -0.4 is 0 Å². The number of nitrogens with zero attached hydrogens (tertiary/aromatic N) is 4. The molecule has 5 nitrogen and oxygen atoms in total. The van der Waals surface area contributed by atoms with Crippen molar-refractivity contribution in [1.29, 1.82) is 0 Å². The van der Waals surface area contributed by atoms with E-state index in [0.717, 1.165) is 49.0 Å². The van der Waals surface area contributed by atoms with E-state index in [2.05, 4.69) is 16.1 Å². The molecule has 1 fully saturated rings. The SMILES string of the molecule is O=C(Cc1cnn(-c2ccccc2)c1)N1CCN(Cc2cccc(Cl)c2)CC1. The molecule has 2 aromatic carbocycles. The minimum absolute atomic E-state index is 0.162. The summed E-state index contributed by atoms with van der Waals surface area (Å²) in [6, 6.07) is 17.9. The molecule has 1 amide bonds. The van der Waals surface area contributed by atoms with Crippen LogP contribution in [0.5, 0.6) is 0 Å². The number of rotatable bonds is 5. The zero-order valence-corrected chi connectivity index (χ0v) is 16.4. The molecule has 1 aliphatic heterocycles. The van der Waals surface area contributed by atoms with E-state index in [1.807, 2.05) is 64.3 Å². The molecule has 4 rings (SSSR count). The standard InChI is InChI=1S/C22H23ClN4O/c23-20-6-4-5-18(13-20)16-25-9-11-26(12-10-25)22(28)14-19-15-24-27(17-19)21-7-2-1-3-8-21/h1-8,13,15,17H,9-12,14,16H2. The zero-order chi connectivity index (χ0) is 19.3. The summed E-state index contributed by atoms with van der Waals surface area (Å²) >= 11 is 6.07. The number of hydrogen-bond donors (Lipinski definition) is 0. The van der Waals surface area contributed by atoms with Gasteiger partial charge in [-0.2, -0.15) is 5.10 Å². The molecular formula is C22H23ClN4O. The Hall–Kier alpha value is -2.63. The van der Waals surface area contributed by atoms with Gasteiger partial charge < -0.3 is 4.90 Å². The van der Waals surface area contributed by atoms with Crippen molar-refractivity contribution in [3.05, 3.63) is 83.1 Å². The highest BCUT2D eigenvalue weighted by Gasteiger charge is 2.21. The van der Waals surface area contributed by atoms with Gasteiger partial charge in [0.05, 0.1) is 18.3 Å². The van der Waals surface area contributed by atoms with Gasteiger partial charge in [-0.05, 0) is 35.4 Å². The van der Waals surface area contributed by atoms with Crippen molar-refractivity contribution in [2.75, 3.05) is 26.2 Å². The molecule has 1 saturated heterocycles. The van der Waals surface area contributed by atoms with E-state index < -0.39 is 0 Å². The number of halogens is 1. The monoisotopic (exact) mass is 394 g/mol. The first-order chi connectivity index (χ1) is 13.7. The lowest BCUT2D eigenvalue weighted by atomic mass is 10.2. The second-order valence-electron chi connectivity index (χ2n) is 7.09. The summed E-state index contributed by atoms with van der Waals surface area (Å²) in [5.41, 5.74) is 3.15. The van der Waals surface area contributed by atoms with Crippen molar-refractivity contribution in [2.45, 2.75) is 13.0 Å². The molecule has 0 bridgehead atoms. The number of benzene rings is 2. The summed E-state index contributed by atoms with van der Waals surface area (Å²) in [7, 11) is 0. The first kappa shape index (κ1) is 18.7. The Bertz CT molecular complexity index is 932. The molecule has 6 heteroatoms. The van der Waals surface area contributed by atoms with Gasteiger partial charge in [0.15, 0.2) is 0 Å². The lowest BCUT2D eigenvalue weighted by molar-refractivity contribution is -0.132. The largest absolute Gasteiger partial charge is 0.340 e. The van der Waals surface area contributed by atoms with Crippen molar-refractivity contribution in [1.82, 2.24) is 19.6 Å². The van der Waals surface area contributed by atoms with E-state index in [0.29, 0.717) is 6.42 Å². The topological polar surface area (TPSA) is 41.4 Å². The van der Waals surface area contributed by atoms with Crippen molar-refractivity contribution >= 4 is 17.5 Å². The minimum Gasteiger partial charge on any atom is -0.340 e. The van der Waals surface area contributed by atoms with Gasteiger partial charge in [-0.25, -0.2) is 4.68 Å². The third-order valence-corrected chi connectivity index (χ3v) is 5.27. The van der Waals surface area contributed by atoms with E-state index in [1.54, 1.807) is 6.20 Å². The highest BCUT2D eigenvalue weighted by molar-refractivity contribution is 6.30. The molecule has 28 heavy (non-hydrogen) atoms. The van der Waals surface area contributed by atoms with Crippen molar-refractivity contribution in [3.8, 4) is 5.69 Å². The molecule has 0 radical (unpaired) electrons. The van der Waals surface area contributed by atoms with Crippen LogP contribution in [0.25, 0.3) is 5.69 Å². The molecule has 144 valence electrons. The average molecular weight is 395 g/mol. The second kappa shape index (κ2) is 8.59. The van der Waals surface area contributed by atoms with E-state index in [1.165, 1.54) is 5.56 Å². The van der Waals surface area contributed by atoms with Crippen LogP contribution >= 0.6 is 11.6 Å². The number of amides is 1. The van der Waals surface area contributed by atoms with Gasteiger partial charge in [-0.3, -0.25) is 9.69 Å². The summed E-state index contributed by atoms with van der Waals surface area (Å²) < 4.78 is 1.81. The Morgan fingerprint density at radius 3 is 2.50 bits per heavy atom. The quantitative estimate of drug-likeness (QED) is 0.666. The van der Waals surface area contributed by atoms with Gasteiger partial charge in [0, 0.05) is 43.9 Å². The number of carbonyl (C=O) groups is 1. The summed E-state index contributed by atoms with van der Waals surface area (Å²) in [6.07, 6.45) is 4.10. The Kier molecular flexibility index (Phi) is 5.74. The molecule has 0 spiro atoms. The van der Waals surface area contributed by atoms with Crippen molar-refractivity contribution in [2.24, 2.45) is 0 Å². The molecule has 3 aromatic rings. The molecule has 1 aliphatic rings. The fourth-order valence-corrected chi connectivity index (χ4v) is 3.72. The highest BCUT2D eigenvalue weighted by atomic mass is 35.5.